The lowest BCUT2D eigenvalue weighted by molar-refractivity contribution is -0.120. The molecule has 10 heteroatoms. The van der Waals surface area contributed by atoms with Crippen LogP contribution in [0.4, 0.5) is 0 Å². The van der Waals surface area contributed by atoms with Gasteiger partial charge in [0.2, 0.25) is 12.7 Å². The predicted octanol–water partition coefficient (Wildman–Crippen LogP) is 3.83. The molecule has 4 rings (SSSR count). The molecule has 0 radical (unpaired) electrons. The zero-order valence-corrected chi connectivity index (χ0v) is 17.5. The maximum absolute atomic E-state index is 12.4. The summed E-state index contributed by atoms with van der Waals surface area (Å²) in [5, 5.41) is 11.3. The average molecular weight is 448 g/mol. The topological polar surface area (TPSA) is 95.7 Å². The molecule has 30 heavy (non-hydrogen) atoms. The number of fused-ring (bicyclic) bond motifs is 1. The molecule has 0 aliphatic carbocycles. The van der Waals surface area contributed by atoms with E-state index in [1.54, 1.807) is 31.2 Å². The Labute approximate surface area is 181 Å². The minimum absolute atomic E-state index is 0.125. The molecule has 0 saturated heterocycles. The van der Waals surface area contributed by atoms with Gasteiger partial charge in [0.05, 0.1) is 5.25 Å². The van der Waals surface area contributed by atoms with Gasteiger partial charge in [0.25, 0.3) is 11.1 Å². The van der Waals surface area contributed by atoms with Crippen molar-refractivity contribution in [2.45, 2.75) is 30.5 Å². The maximum atomic E-state index is 12.4. The summed E-state index contributed by atoms with van der Waals surface area (Å²) in [6.07, 6.45) is 0. The number of nitrogens with zero attached hydrogens (tertiary/aromatic N) is 2. The number of nitrogens with one attached hydrogen (secondary N) is 1. The molecule has 1 aliphatic heterocycles. The first kappa shape index (κ1) is 20.4. The van der Waals surface area contributed by atoms with E-state index in [4.69, 9.17) is 30.2 Å². The van der Waals surface area contributed by atoms with Crippen molar-refractivity contribution in [3.05, 3.63) is 58.9 Å². The van der Waals surface area contributed by atoms with E-state index >= 15 is 0 Å². The molecule has 2 aromatic carbocycles. The first-order valence-electron chi connectivity index (χ1n) is 9.10. The second kappa shape index (κ2) is 9.27. The van der Waals surface area contributed by atoms with E-state index < -0.39 is 5.25 Å². The Hall–Kier alpha value is -2.91. The normalized spacial score (nSPS) is 13.1. The summed E-state index contributed by atoms with van der Waals surface area (Å²) in [4.78, 5) is 12.4. The number of thioether (sulfide) groups is 1. The van der Waals surface area contributed by atoms with Gasteiger partial charge in [-0.05, 0) is 48.9 Å². The molecule has 8 nitrogen and oxygen atoms in total. The van der Waals surface area contributed by atoms with Crippen LogP contribution in [0.1, 0.15) is 18.4 Å². The minimum atomic E-state index is -0.413. The molecule has 3 aromatic rings. The number of halogens is 1. The summed E-state index contributed by atoms with van der Waals surface area (Å²) in [5.41, 5.74) is 0.921. The second-order valence-electron chi connectivity index (χ2n) is 6.37. The Morgan fingerprint density at radius 3 is 2.83 bits per heavy atom. The third kappa shape index (κ3) is 5.17. The van der Waals surface area contributed by atoms with Crippen molar-refractivity contribution >= 4 is 29.3 Å². The van der Waals surface area contributed by atoms with Crippen molar-refractivity contribution in [1.82, 2.24) is 15.5 Å². The predicted molar refractivity (Wildman–Crippen MR) is 110 cm³/mol. The third-order valence-corrected chi connectivity index (χ3v) is 5.36. The molecule has 0 unspecified atom stereocenters. The molecule has 1 amide bonds. The van der Waals surface area contributed by atoms with Crippen LogP contribution in [-0.2, 0) is 17.9 Å². The summed E-state index contributed by atoms with van der Waals surface area (Å²) in [5.74, 6) is 2.21. The van der Waals surface area contributed by atoms with E-state index in [9.17, 15) is 4.79 Å². The molecule has 0 saturated carbocycles. The molecule has 0 spiro atoms. The summed E-state index contributed by atoms with van der Waals surface area (Å²) in [6, 6.07) is 12.5. The van der Waals surface area contributed by atoms with E-state index in [0.717, 1.165) is 5.56 Å². The highest BCUT2D eigenvalue weighted by Gasteiger charge is 2.19. The van der Waals surface area contributed by atoms with Crippen LogP contribution in [0.15, 0.2) is 52.1 Å². The summed E-state index contributed by atoms with van der Waals surface area (Å²) < 4.78 is 21.7. The monoisotopic (exact) mass is 447 g/mol. The van der Waals surface area contributed by atoms with Crippen molar-refractivity contribution in [2.24, 2.45) is 0 Å². The van der Waals surface area contributed by atoms with Gasteiger partial charge in [0, 0.05) is 11.6 Å². The average Bonchev–Trinajstić information content (AvgIpc) is 3.40. The standard InChI is InChI=1S/C20H18ClN3O5S/c1-12(19(25)22-9-13-2-7-16-17(8-13)28-11-27-16)30-20-24-23-18(29-20)10-26-15-5-3-14(21)4-6-15/h2-8,12H,9-11H2,1H3,(H,22,25)/t12-/m0/s1. The van der Waals surface area contributed by atoms with Crippen molar-refractivity contribution in [3.63, 3.8) is 0 Å². The highest BCUT2D eigenvalue weighted by molar-refractivity contribution is 8.00. The zero-order valence-electron chi connectivity index (χ0n) is 16.0. The number of benzene rings is 2. The Morgan fingerprint density at radius 2 is 2.00 bits per heavy atom. The number of aromatic nitrogens is 2. The number of amides is 1. The molecule has 2 heterocycles. The van der Waals surface area contributed by atoms with Gasteiger partial charge in [-0.1, -0.05) is 29.4 Å². The Balaban J connectivity index is 1.24. The number of carbonyl (C=O) groups excluding carboxylic acids is 1. The zero-order chi connectivity index (χ0) is 20.9. The van der Waals surface area contributed by atoms with Crippen LogP contribution in [0.5, 0.6) is 17.2 Å². The lowest BCUT2D eigenvalue weighted by Crippen LogP contribution is -2.30. The van der Waals surface area contributed by atoms with E-state index in [1.165, 1.54) is 11.8 Å². The van der Waals surface area contributed by atoms with E-state index in [2.05, 4.69) is 15.5 Å². The van der Waals surface area contributed by atoms with Crippen molar-refractivity contribution < 1.29 is 23.4 Å². The van der Waals surface area contributed by atoms with Crippen LogP contribution in [0.3, 0.4) is 0 Å². The van der Waals surface area contributed by atoms with Gasteiger partial charge in [-0.15, -0.1) is 10.2 Å². The highest BCUT2D eigenvalue weighted by atomic mass is 35.5. The van der Waals surface area contributed by atoms with Crippen LogP contribution in [0, 0.1) is 0 Å². The SMILES string of the molecule is C[C@H](Sc1nnc(COc2ccc(Cl)cc2)o1)C(=O)NCc1ccc2c(c1)OCO2. The van der Waals surface area contributed by atoms with Gasteiger partial charge in [-0.25, -0.2) is 0 Å². The molecular weight excluding hydrogens is 430 g/mol. The smallest absolute Gasteiger partial charge is 0.277 e. The first-order chi connectivity index (χ1) is 14.6. The summed E-state index contributed by atoms with van der Waals surface area (Å²) in [7, 11) is 0. The maximum Gasteiger partial charge on any atom is 0.277 e. The lowest BCUT2D eigenvalue weighted by atomic mass is 10.2. The van der Waals surface area contributed by atoms with Gasteiger partial charge < -0.3 is 23.9 Å². The van der Waals surface area contributed by atoms with Crippen molar-refractivity contribution in [3.8, 4) is 17.2 Å². The highest BCUT2D eigenvalue weighted by Crippen LogP contribution is 2.32. The molecule has 1 atom stereocenters. The minimum Gasteiger partial charge on any atom is -0.484 e. The molecule has 1 aliphatic rings. The fourth-order valence-electron chi connectivity index (χ4n) is 2.61. The largest absolute Gasteiger partial charge is 0.484 e. The van der Waals surface area contributed by atoms with Crippen LogP contribution >= 0.6 is 23.4 Å². The van der Waals surface area contributed by atoms with E-state index in [1.807, 2.05) is 18.2 Å². The molecule has 0 fully saturated rings. The quantitative estimate of drug-likeness (QED) is 0.520. The molecular formula is C20H18ClN3O5S. The fourth-order valence-corrected chi connectivity index (χ4v) is 3.46. The molecule has 1 N–H and O–H groups in total. The van der Waals surface area contributed by atoms with Crippen LogP contribution in [0.2, 0.25) is 5.02 Å². The van der Waals surface area contributed by atoms with Gasteiger partial charge in [-0.3, -0.25) is 4.79 Å². The number of hydrogen-bond donors (Lipinski definition) is 1. The molecule has 1 aromatic heterocycles. The van der Waals surface area contributed by atoms with E-state index in [0.29, 0.717) is 39.9 Å². The van der Waals surface area contributed by atoms with Crippen LogP contribution in [0.25, 0.3) is 0 Å². The molecule has 0 bridgehead atoms. The number of hydrogen-bond acceptors (Lipinski definition) is 8. The van der Waals surface area contributed by atoms with Crippen LogP contribution < -0.4 is 19.5 Å². The number of carbonyl (C=O) groups is 1. The van der Waals surface area contributed by atoms with Gasteiger partial charge in [0.1, 0.15) is 5.75 Å². The third-order valence-electron chi connectivity index (χ3n) is 4.17. The molecule has 156 valence electrons. The van der Waals surface area contributed by atoms with Gasteiger partial charge >= 0.3 is 0 Å². The van der Waals surface area contributed by atoms with Gasteiger partial charge in [-0.2, -0.15) is 0 Å². The summed E-state index contributed by atoms with van der Waals surface area (Å²) >= 11 is 7.02. The van der Waals surface area contributed by atoms with Crippen molar-refractivity contribution in [2.75, 3.05) is 6.79 Å². The second-order valence-corrected chi connectivity index (χ2v) is 8.10. The number of ether oxygens (including phenoxy) is 3. The lowest BCUT2D eigenvalue weighted by Gasteiger charge is -2.10. The Kier molecular flexibility index (Phi) is 6.29. The fraction of sp³-hybridized carbons (Fsp3) is 0.250. The summed E-state index contributed by atoms with van der Waals surface area (Å²) in [6.45, 7) is 2.49. The van der Waals surface area contributed by atoms with Crippen LogP contribution in [-0.4, -0.2) is 28.1 Å². The Bertz CT molecular complexity index is 1030. The number of rotatable bonds is 8. The Morgan fingerprint density at radius 1 is 1.20 bits per heavy atom. The van der Waals surface area contributed by atoms with Gasteiger partial charge in [0.15, 0.2) is 18.1 Å². The van der Waals surface area contributed by atoms with E-state index in [-0.39, 0.29) is 19.3 Å². The first-order valence-corrected chi connectivity index (χ1v) is 10.4. The van der Waals surface area contributed by atoms with Crippen molar-refractivity contribution in [1.29, 1.82) is 0 Å².